The third kappa shape index (κ3) is 3.10. The molecule has 0 aliphatic carbocycles. The van der Waals surface area contributed by atoms with E-state index in [4.69, 9.17) is 9.47 Å². The number of hydrogen-bond donors (Lipinski definition) is 1. The number of fused-ring (bicyclic) bond motifs is 2. The van der Waals surface area contributed by atoms with E-state index in [2.05, 4.69) is 0 Å². The van der Waals surface area contributed by atoms with Crippen molar-refractivity contribution in [1.29, 1.82) is 0 Å². The van der Waals surface area contributed by atoms with Crippen molar-refractivity contribution < 1.29 is 19.4 Å². The second kappa shape index (κ2) is 7.12. The van der Waals surface area contributed by atoms with E-state index in [1.165, 1.54) is 0 Å². The van der Waals surface area contributed by atoms with Gasteiger partial charge >= 0.3 is 0 Å². The Balaban J connectivity index is 1.71. The van der Waals surface area contributed by atoms with Crippen LogP contribution in [0.4, 0.5) is 5.69 Å². The molecule has 2 aromatic rings. The highest BCUT2D eigenvalue weighted by molar-refractivity contribution is 6.02. The number of anilines is 1. The van der Waals surface area contributed by atoms with E-state index in [1.807, 2.05) is 37.4 Å². The van der Waals surface area contributed by atoms with Gasteiger partial charge in [0.25, 0.3) is 5.91 Å². The molecule has 0 bridgehead atoms. The van der Waals surface area contributed by atoms with Gasteiger partial charge in [0.2, 0.25) is 0 Å². The van der Waals surface area contributed by atoms with E-state index < -0.39 is 6.23 Å². The minimum Gasteiger partial charge on any atom is -0.493 e. The van der Waals surface area contributed by atoms with Crippen LogP contribution in [0.25, 0.3) is 0 Å². The third-order valence-corrected chi connectivity index (χ3v) is 5.43. The van der Waals surface area contributed by atoms with Crippen LogP contribution in [0.1, 0.15) is 28.8 Å². The molecule has 1 N–H and O–H groups in total. The number of hydrogen-bond acceptors (Lipinski definition) is 5. The van der Waals surface area contributed by atoms with E-state index in [0.29, 0.717) is 35.9 Å². The van der Waals surface area contributed by atoms with Gasteiger partial charge in [-0.15, -0.1) is 0 Å². The highest BCUT2D eigenvalue weighted by Crippen LogP contribution is 2.40. The van der Waals surface area contributed by atoms with Crippen molar-refractivity contribution in [3.8, 4) is 11.5 Å². The zero-order valence-corrected chi connectivity index (χ0v) is 15.6. The van der Waals surface area contributed by atoms with Crippen molar-refractivity contribution >= 4 is 11.6 Å². The van der Waals surface area contributed by atoms with Crippen molar-refractivity contribution in [3.05, 3.63) is 53.6 Å². The Labute approximate surface area is 158 Å². The number of aliphatic hydroxyl groups is 1. The van der Waals surface area contributed by atoms with Gasteiger partial charge in [-0.2, -0.15) is 0 Å². The van der Waals surface area contributed by atoms with Gasteiger partial charge in [0.05, 0.1) is 24.4 Å². The smallest absolute Gasteiger partial charge is 0.256 e. The summed E-state index contributed by atoms with van der Waals surface area (Å²) in [7, 11) is 3.38. The number of rotatable bonds is 4. The number of carbonyl (C=O) groups excluding carboxylic acids is 1. The fraction of sp³-hybridized carbons (Fsp3) is 0.381. The summed E-state index contributed by atoms with van der Waals surface area (Å²) >= 11 is 0. The number of ether oxygens (including phenoxy) is 2. The standard InChI is InChI=1S/C21H24N2O4/c1-22-17-12-19(27-13-14-7-4-3-5-8-14)18(26-2)11-15(17)20(24)23-10-6-9-16(23)21(22)25/h3-5,7-8,11-12,16,21,25H,6,9-10,13H2,1-2H3/t16-,21-/m0/s1. The maximum Gasteiger partial charge on any atom is 0.256 e. The normalized spacial score (nSPS) is 21.5. The molecule has 0 aromatic heterocycles. The van der Waals surface area contributed by atoms with E-state index in [-0.39, 0.29) is 11.9 Å². The number of nitrogens with zero attached hydrogens (tertiary/aromatic N) is 2. The number of methoxy groups -OCH3 is 1. The molecule has 1 fully saturated rings. The summed E-state index contributed by atoms with van der Waals surface area (Å²) in [5.74, 6) is 0.997. The van der Waals surface area contributed by atoms with Crippen LogP contribution in [0, 0.1) is 0 Å². The first-order valence-corrected chi connectivity index (χ1v) is 9.21. The van der Waals surface area contributed by atoms with Crippen molar-refractivity contribution in [2.24, 2.45) is 0 Å². The van der Waals surface area contributed by atoms with Gasteiger partial charge in [-0.3, -0.25) is 4.79 Å². The van der Waals surface area contributed by atoms with Crippen LogP contribution in [0.15, 0.2) is 42.5 Å². The molecule has 2 heterocycles. The predicted octanol–water partition coefficient (Wildman–Crippen LogP) is 2.65. The number of likely N-dealkylation sites (N-methyl/N-ethyl adjacent to an activating group) is 1. The van der Waals surface area contributed by atoms with Crippen molar-refractivity contribution in [1.82, 2.24) is 4.90 Å². The third-order valence-electron chi connectivity index (χ3n) is 5.43. The van der Waals surface area contributed by atoms with Crippen molar-refractivity contribution in [2.75, 3.05) is 25.6 Å². The lowest BCUT2D eigenvalue weighted by Crippen LogP contribution is -2.47. The molecule has 2 aliphatic heterocycles. The molecule has 6 heteroatoms. The van der Waals surface area contributed by atoms with Crippen LogP contribution in [-0.2, 0) is 6.61 Å². The second-order valence-electron chi connectivity index (χ2n) is 7.03. The first-order chi connectivity index (χ1) is 13.1. The molecule has 0 radical (unpaired) electrons. The number of aliphatic hydroxyl groups excluding tert-OH is 1. The van der Waals surface area contributed by atoms with Gasteiger partial charge in [0.1, 0.15) is 12.8 Å². The Morgan fingerprint density at radius 3 is 2.70 bits per heavy atom. The summed E-state index contributed by atoms with van der Waals surface area (Å²) in [6, 6.07) is 13.2. The summed E-state index contributed by atoms with van der Waals surface area (Å²) in [5.41, 5.74) is 2.23. The molecular weight excluding hydrogens is 344 g/mol. The van der Waals surface area contributed by atoms with Crippen LogP contribution in [0.3, 0.4) is 0 Å². The molecule has 6 nitrogen and oxygen atoms in total. The average Bonchev–Trinajstić information content (AvgIpc) is 3.18. The molecule has 142 valence electrons. The van der Waals surface area contributed by atoms with E-state index in [0.717, 1.165) is 18.4 Å². The lowest BCUT2D eigenvalue weighted by Gasteiger charge is -2.31. The van der Waals surface area contributed by atoms with Crippen LogP contribution in [-0.4, -0.2) is 48.9 Å². The highest BCUT2D eigenvalue weighted by atomic mass is 16.5. The minimum atomic E-state index is -0.743. The quantitative estimate of drug-likeness (QED) is 0.899. The molecule has 4 rings (SSSR count). The minimum absolute atomic E-state index is 0.0659. The van der Waals surface area contributed by atoms with E-state index in [1.54, 1.807) is 29.0 Å². The average molecular weight is 368 g/mol. The van der Waals surface area contributed by atoms with Crippen molar-refractivity contribution in [2.45, 2.75) is 31.7 Å². The number of carbonyl (C=O) groups is 1. The number of benzene rings is 2. The molecule has 2 atom stereocenters. The summed E-state index contributed by atoms with van der Waals surface area (Å²) < 4.78 is 11.5. The molecule has 0 spiro atoms. The summed E-state index contributed by atoms with van der Waals surface area (Å²) in [6.07, 6.45) is 0.972. The van der Waals surface area contributed by atoms with Gasteiger partial charge in [0.15, 0.2) is 11.5 Å². The monoisotopic (exact) mass is 368 g/mol. The molecule has 2 aliphatic rings. The predicted molar refractivity (Wildman–Crippen MR) is 102 cm³/mol. The topological polar surface area (TPSA) is 62.2 Å². The van der Waals surface area contributed by atoms with E-state index >= 15 is 0 Å². The Hall–Kier alpha value is -2.73. The highest BCUT2D eigenvalue weighted by Gasteiger charge is 2.41. The molecular formula is C21H24N2O4. The van der Waals surface area contributed by atoms with Crippen LogP contribution >= 0.6 is 0 Å². The van der Waals surface area contributed by atoms with Crippen LogP contribution < -0.4 is 14.4 Å². The van der Waals surface area contributed by atoms with Gasteiger partial charge in [-0.1, -0.05) is 30.3 Å². The Kier molecular flexibility index (Phi) is 4.66. The van der Waals surface area contributed by atoms with Crippen molar-refractivity contribution in [3.63, 3.8) is 0 Å². The Morgan fingerprint density at radius 2 is 1.96 bits per heavy atom. The zero-order valence-electron chi connectivity index (χ0n) is 15.6. The lowest BCUT2D eigenvalue weighted by atomic mass is 10.1. The fourth-order valence-electron chi connectivity index (χ4n) is 3.93. The number of amides is 1. The summed E-state index contributed by atoms with van der Waals surface area (Å²) in [4.78, 5) is 16.6. The Morgan fingerprint density at radius 1 is 1.19 bits per heavy atom. The van der Waals surface area contributed by atoms with Gasteiger partial charge in [-0.25, -0.2) is 0 Å². The summed E-state index contributed by atoms with van der Waals surface area (Å²) in [6.45, 7) is 1.06. The molecule has 2 aromatic carbocycles. The van der Waals surface area contributed by atoms with Gasteiger partial charge in [-0.05, 0) is 24.5 Å². The first-order valence-electron chi connectivity index (χ1n) is 9.21. The molecule has 1 saturated heterocycles. The van der Waals surface area contributed by atoms with Crippen LogP contribution in [0.2, 0.25) is 0 Å². The fourth-order valence-corrected chi connectivity index (χ4v) is 3.93. The van der Waals surface area contributed by atoms with Gasteiger partial charge in [0, 0.05) is 19.7 Å². The Bertz CT molecular complexity index is 840. The SMILES string of the molecule is COc1cc2c(cc1OCc1ccccc1)N(C)[C@@H](O)[C@@H]1CCCN1C2=O. The van der Waals surface area contributed by atoms with Crippen LogP contribution in [0.5, 0.6) is 11.5 Å². The summed E-state index contributed by atoms with van der Waals surface area (Å²) in [5, 5.41) is 10.8. The maximum atomic E-state index is 13.1. The van der Waals surface area contributed by atoms with Gasteiger partial charge < -0.3 is 24.4 Å². The molecule has 0 unspecified atom stereocenters. The largest absolute Gasteiger partial charge is 0.493 e. The lowest BCUT2D eigenvalue weighted by molar-refractivity contribution is 0.0527. The maximum absolute atomic E-state index is 13.1. The zero-order chi connectivity index (χ0) is 19.0. The molecule has 0 saturated carbocycles. The second-order valence-corrected chi connectivity index (χ2v) is 7.03. The molecule has 27 heavy (non-hydrogen) atoms. The van der Waals surface area contributed by atoms with E-state index in [9.17, 15) is 9.90 Å². The molecule has 1 amide bonds. The first kappa shape index (κ1) is 17.7.